The van der Waals surface area contributed by atoms with Gasteiger partial charge in [-0.2, -0.15) is 0 Å². The quantitative estimate of drug-likeness (QED) is 0.801. The number of halogens is 2. The Morgan fingerprint density at radius 1 is 0.840 bits per heavy atom. The Kier molecular flexibility index (Phi) is 5.19. The molecule has 3 rings (SSSR count). The predicted molar refractivity (Wildman–Crippen MR) is 89.5 cm³/mol. The minimum Gasteiger partial charge on any atom is -0.336 e. The fourth-order valence-electron chi connectivity index (χ4n) is 2.84. The van der Waals surface area contributed by atoms with Gasteiger partial charge in [-0.05, 0) is 42.5 Å². The molecule has 6 heteroatoms. The Bertz CT molecular complexity index is 769. The van der Waals surface area contributed by atoms with Crippen LogP contribution in [-0.2, 0) is 0 Å². The molecular formula is C19H18F2N2O2. The molecule has 1 heterocycles. The van der Waals surface area contributed by atoms with E-state index in [0.717, 1.165) is 0 Å². The molecule has 1 saturated heterocycles. The van der Waals surface area contributed by atoms with E-state index in [4.69, 9.17) is 0 Å². The third kappa shape index (κ3) is 4.28. The lowest BCUT2D eigenvalue weighted by Gasteiger charge is -2.34. The van der Waals surface area contributed by atoms with Gasteiger partial charge in [0.25, 0.3) is 5.91 Å². The van der Waals surface area contributed by atoms with Crippen molar-refractivity contribution in [2.75, 3.05) is 32.7 Å². The minimum atomic E-state index is -0.436. The van der Waals surface area contributed by atoms with E-state index in [1.54, 1.807) is 11.0 Å². The number of rotatable bonds is 4. The zero-order valence-corrected chi connectivity index (χ0v) is 13.6. The van der Waals surface area contributed by atoms with Gasteiger partial charge in [0.05, 0.1) is 6.54 Å². The van der Waals surface area contributed by atoms with Crippen molar-refractivity contribution in [2.24, 2.45) is 0 Å². The van der Waals surface area contributed by atoms with Gasteiger partial charge in [0.15, 0.2) is 5.78 Å². The average molecular weight is 344 g/mol. The number of nitrogens with zero attached hydrogens (tertiary/aromatic N) is 2. The first-order valence-corrected chi connectivity index (χ1v) is 8.09. The van der Waals surface area contributed by atoms with Crippen molar-refractivity contribution in [2.45, 2.75) is 0 Å². The third-order valence-corrected chi connectivity index (χ3v) is 4.26. The summed E-state index contributed by atoms with van der Waals surface area (Å²) in [6, 6.07) is 11.1. The van der Waals surface area contributed by atoms with Crippen LogP contribution in [0.4, 0.5) is 8.78 Å². The number of hydrogen-bond donors (Lipinski definition) is 0. The smallest absolute Gasteiger partial charge is 0.254 e. The Hall–Kier alpha value is -2.60. The van der Waals surface area contributed by atoms with E-state index < -0.39 is 5.82 Å². The first-order valence-electron chi connectivity index (χ1n) is 8.09. The maximum absolute atomic E-state index is 13.2. The monoisotopic (exact) mass is 344 g/mol. The Balaban J connectivity index is 1.54. The summed E-state index contributed by atoms with van der Waals surface area (Å²) in [4.78, 5) is 28.2. The molecule has 0 saturated carbocycles. The van der Waals surface area contributed by atoms with Gasteiger partial charge in [0, 0.05) is 37.3 Å². The molecule has 1 fully saturated rings. The molecule has 1 aliphatic heterocycles. The second-order valence-electron chi connectivity index (χ2n) is 6.01. The number of hydrogen-bond acceptors (Lipinski definition) is 3. The van der Waals surface area contributed by atoms with Crippen molar-refractivity contribution in [3.63, 3.8) is 0 Å². The normalized spacial score (nSPS) is 15.2. The molecule has 0 unspecified atom stereocenters. The van der Waals surface area contributed by atoms with Crippen LogP contribution in [0.2, 0.25) is 0 Å². The lowest BCUT2D eigenvalue weighted by atomic mass is 10.1. The molecule has 0 spiro atoms. The number of piperazine rings is 1. The molecule has 0 aliphatic carbocycles. The van der Waals surface area contributed by atoms with Crippen molar-refractivity contribution in [1.82, 2.24) is 9.80 Å². The molecule has 1 amide bonds. The van der Waals surface area contributed by atoms with Crippen LogP contribution < -0.4 is 0 Å². The topological polar surface area (TPSA) is 40.6 Å². The van der Waals surface area contributed by atoms with Gasteiger partial charge < -0.3 is 4.90 Å². The van der Waals surface area contributed by atoms with Crippen molar-refractivity contribution in [1.29, 1.82) is 0 Å². The van der Waals surface area contributed by atoms with E-state index >= 15 is 0 Å². The van der Waals surface area contributed by atoms with Crippen molar-refractivity contribution in [3.05, 3.63) is 71.3 Å². The van der Waals surface area contributed by atoms with Crippen LogP contribution in [0.25, 0.3) is 0 Å². The molecular weight excluding hydrogens is 326 g/mol. The van der Waals surface area contributed by atoms with Gasteiger partial charge in [-0.1, -0.05) is 6.07 Å². The summed E-state index contributed by atoms with van der Waals surface area (Å²) in [6.07, 6.45) is 0. The summed E-state index contributed by atoms with van der Waals surface area (Å²) in [5.74, 6) is -1.09. The lowest BCUT2D eigenvalue weighted by Crippen LogP contribution is -2.49. The summed E-state index contributed by atoms with van der Waals surface area (Å²) in [6.45, 7) is 2.31. The molecule has 130 valence electrons. The van der Waals surface area contributed by atoms with Crippen LogP contribution in [0.5, 0.6) is 0 Å². The van der Waals surface area contributed by atoms with E-state index in [0.29, 0.717) is 37.3 Å². The Labute approximate surface area is 144 Å². The molecule has 0 atom stereocenters. The Morgan fingerprint density at radius 2 is 1.52 bits per heavy atom. The highest BCUT2D eigenvalue weighted by atomic mass is 19.1. The first-order chi connectivity index (χ1) is 12.0. The standard InChI is InChI=1S/C19H18F2N2O2/c20-16-6-4-14(5-7-16)18(24)13-22-8-10-23(11-9-22)19(25)15-2-1-3-17(21)12-15/h1-7,12H,8-11,13H2. The zero-order chi connectivity index (χ0) is 17.8. The fraction of sp³-hybridized carbons (Fsp3) is 0.263. The van der Waals surface area contributed by atoms with Gasteiger partial charge >= 0.3 is 0 Å². The lowest BCUT2D eigenvalue weighted by molar-refractivity contribution is 0.0624. The number of Topliss-reactive ketones (excluding diaryl/α,β-unsaturated/α-hetero) is 1. The molecule has 0 aromatic heterocycles. The molecule has 0 radical (unpaired) electrons. The number of amides is 1. The molecule has 2 aromatic rings. The predicted octanol–water partition coefficient (Wildman–Crippen LogP) is 2.61. The number of carbonyl (C=O) groups is 2. The van der Waals surface area contributed by atoms with Crippen molar-refractivity contribution in [3.8, 4) is 0 Å². The maximum Gasteiger partial charge on any atom is 0.254 e. The minimum absolute atomic E-state index is 0.0788. The second-order valence-corrected chi connectivity index (χ2v) is 6.01. The van der Waals surface area contributed by atoms with Crippen LogP contribution in [-0.4, -0.2) is 54.2 Å². The summed E-state index contributed by atoms with van der Waals surface area (Å²) in [5, 5.41) is 0. The third-order valence-electron chi connectivity index (χ3n) is 4.26. The molecule has 25 heavy (non-hydrogen) atoms. The van der Waals surface area contributed by atoms with Crippen LogP contribution >= 0.6 is 0 Å². The summed E-state index contributed by atoms with van der Waals surface area (Å²) in [7, 11) is 0. The van der Waals surface area contributed by atoms with Gasteiger partial charge in [-0.25, -0.2) is 8.78 Å². The van der Waals surface area contributed by atoms with Crippen molar-refractivity contribution >= 4 is 11.7 Å². The summed E-state index contributed by atoms with van der Waals surface area (Å²) >= 11 is 0. The average Bonchev–Trinajstić information content (AvgIpc) is 2.62. The van der Waals surface area contributed by atoms with Crippen LogP contribution in [0.15, 0.2) is 48.5 Å². The van der Waals surface area contributed by atoms with E-state index in [1.165, 1.54) is 42.5 Å². The highest BCUT2D eigenvalue weighted by molar-refractivity contribution is 5.97. The van der Waals surface area contributed by atoms with Crippen LogP contribution in [0.1, 0.15) is 20.7 Å². The molecule has 1 aliphatic rings. The fourth-order valence-corrected chi connectivity index (χ4v) is 2.84. The van der Waals surface area contributed by atoms with Gasteiger partial charge in [-0.3, -0.25) is 14.5 Å². The molecule has 2 aromatic carbocycles. The van der Waals surface area contributed by atoms with E-state index in [9.17, 15) is 18.4 Å². The van der Waals surface area contributed by atoms with E-state index in [-0.39, 0.29) is 24.1 Å². The van der Waals surface area contributed by atoms with Crippen LogP contribution in [0, 0.1) is 11.6 Å². The summed E-state index contributed by atoms with van der Waals surface area (Å²) in [5.41, 5.74) is 0.801. The number of ketones is 1. The van der Waals surface area contributed by atoms with Crippen LogP contribution in [0.3, 0.4) is 0 Å². The molecule has 4 nitrogen and oxygen atoms in total. The highest BCUT2D eigenvalue weighted by Gasteiger charge is 2.23. The van der Waals surface area contributed by atoms with Gasteiger partial charge in [0.1, 0.15) is 11.6 Å². The van der Waals surface area contributed by atoms with Gasteiger partial charge in [0.2, 0.25) is 0 Å². The number of carbonyl (C=O) groups excluding carboxylic acids is 2. The largest absolute Gasteiger partial charge is 0.336 e. The SMILES string of the molecule is O=C(CN1CCN(C(=O)c2cccc(F)c2)CC1)c1ccc(F)cc1. The van der Waals surface area contributed by atoms with E-state index in [2.05, 4.69) is 0 Å². The van der Waals surface area contributed by atoms with Crippen molar-refractivity contribution < 1.29 is 18.4 Å². The molecule has 0 bridgehead atoms. The maximum atomic E-state index is 13.2. The number of benzene rings is 2. The highest BCUT2D eigenvalue weighted by Crippen LogP contribution is 2.11. The Morgan fingerprint density at radius 3 is 2.16 bits per heavy atom. The van der Waals surface area contributed by atoms with Gasteiger partial charge in [-0.15, -0.1) is 0 Å². The van der Waals surface area contributed by atoms with E-state index in [1.807, 2.05) is 4.90 Å². The second kappa shape index (κ2) is 7.53. The first kappa shape index (κ1) is 17.2. The summed E-state index contributed by atoms with van der Waals surface area (Å²) < 4.78 is 26.2. The molecule has 0 N–H and O–H groups in total. The zero-order valence-electron chi connectivity index (χ0n) is 13.6.